The van der Waals surface area contributed by atoms with Gasteiger partial charge in [0.15, 0.2) is 0 Å². The number of amides is 1. The molecule has 1 aromatic rings. The molecule has 1 saturated heterocycles. The van der Waals surface area contributed by atoms with E-state index in [9.17, 15) is 9.90 Å². The molecule has 1 saturated carbocycles. The van der Waals surface area contributed by atoms with Gasteiger partial charge in [-0.3, -0.25) is 4.79 Å². The number of rotatable bonds is 8. The Hall–Kier alpha value is -1.69. The normalized spacial score (nSPS) is 26.6. The maximum atomic E-state index is 12.5. The van der Waals surface area contributed by atoms with E-state index in [0.717, 1.165) is 43.0 Å². The summed E-state index contributed by atoms with van der Waals surface area (Å²) in [6, 6.07) is 7.90. The zero-order chi connectivity index (χ0) is 22.0. The minimum Gasteiger partial charge on any atom is -0.389 e. The minimum atomic E-state index is -0.468. The Labute approximate surface area is 186 Å². The Morgan fingerprint density at radius 2 is 2.03 bits per heavy atom. The van der Waals surface area contributed by atoms with Crippen LogP contribution < -0.4 is 5.32 Å². The van der Waals surface area contributed by atoms with Crippen LogP contribution in [-0.2, 0) is 4.74 Å². The number of piperidine rings is 1. The monoisotopic (exact) mass is 426 g/mol. The van der Waals surface area contributed by atoms with Gasteiger partial charge in [0.2, 0.25) is 0 Å². The highest BCUT2D eigenvalue weighted by Gasteiger charge is 2.50. The maximum Gasteiger partial charge on any atom is 0.251 e. The average molecular weight is 427 g/mol. The summed E-state index contributed by atoms with van der Waals surface area (Å²) in [5.41, 5.74) is 3.62. The van der Waals surface area contributed by atoms with E-state index in [1.165, 1.54) is 18.4 Å². The third-order valence-corrected chi connectivity index (χ3v) is 7.94. The molecule has 2 bridgehead atoms. The summed E-state index contributed by atoms with van der Waals surface area (Å²) in [5.74, 6) is 1.52. The highest BCUT2D eigenvalue weighted by molar-refractivity contribution is 5.95. The van der Waals surface area contributed by atoms with Crippen molar-refractivity contribution in [2.75, 3.05) is 32.8 Å². The molecule has 1 aromatic carbocycles. The van der Waals surface area contributed by atoms with E-state index in [-0.39, 0.29) is 11.9 Å². The summed E-state index contributed by atoms with van der Waals surface area (Å²) in [7, 11) is 0. The Morgan fingerprint density at radius 3 is 2.71 bits per heavy atom. The number of allylic oxidation sites excluding steroid dienone is 1. The fourth-order valence-corrected chi connectivity index (χ4v) is 5.65. The third kappa shape index (κ3) is 5.05. The van der Waals surface area contributed by atoms with Gasteiger partial charge in [-0.15, -0.1) is 0 Å². The molecule has 2 fully saturated rings. The van der Waals surface area contributed by atoms with Crippen LogP contribution in [0.3, 0.4) is 0 Å². The molecule has 0 radical (unpaired) electrons. The van der Waals surface area contributed by atoms with Crippen molar-refractivity contribution < 1.29 is 14.6 Å². The van der Waals surface area contributed by atoms with Crippen molar-refractivity contribution in [3.8, 4) is 0 Å². The number of aliphatic hydroxyl groups excluding tert-OH is 1. The number of fused-ring (bicyclic) bond motifs is 1. The van der Waals surface area contributed by atoms with Gasteiger partial charge in [-0.05, 0) is 67.1 Å². The van der Waals surface area contributed by atoms with Crippen LogP contribution in [0.1, 0.15) is 55.5 Å². The summed E-state index contributed by atoms with van der Waals surface area (Å²) in [6.07, 6.45) is 6.21. The number of nitrogens with one attached hydrogen (secondary N) is 1. The van der Waals surface area contributed by atoms with Gasteiger partial charge in [0.1, 0.15) is 0 Å². The highest BCUT2D eigenvalue weighted by atomic mass is 16.5. The fourth-order valence-electron chi connectivity index (χ4n) is 5.65. The van der Waals surface area contributed by atoms with Crippen LogP contribution in [0.4, 0.5) is 0 Å². The Kier molecular flexibility index (Phi) is 6.85. The Morgan fingerprint density at radius 1 is 1.29 bits per heavy atom. The number of aryl methyl sites for hydroxylation is 1. The third-order valence-electron chi connectivity index (χ3n) is 7.94. The number of hydrogen-bond acceptors (Lipinski definition) is 4. The van der Waals surface area contributed by atoms with Crippen LogP contribution in [0.5, 0.6) is 0 Å². The van der Waals surface area contributed by atoms with E-state index in [4.69, 9.17) is 4.74 Å². The van der Waals surface area contributed by atoms with E-state index in [2.05, 4.69) is 30.1 Å². The van der Waals surface area contributed by atoms with Gasteiger partial charge in [0.25, 0.3) is 5.91 Å². The van der Waals surface area contributed by atoms with Crippen LogP contribution in [0, 0.1) is 24.2 Å². The Bertz CT molecular complexity index is 811. The van der Waals surface area contributed by atoms with Crippen LogP contribution in [-0.4, -0.2) is 60.9 Å². The largest absolute Gasteiger partial charge is 0.389 e. The van der Waals surface area contributed by atoms with Crippen molar-refractivity contribution in [3.05, 3.63) is 47.0 Å². The zero-order valence-corrected chi connectivity index (χ0v) is 19.3. The number of nitrogens with zero attached hydrogens (tertiary/aromatic N) is 1. The predicted octanol–water partition coefficient (Wildman–Crippen LogP) is 3.56. The second-order valence-corrected chi connectivity index (χ2v) is 10.4. The van der Waals surface area contributed by atoms with Gasteiger partial charge in [-0.2, -0.15) is 0 Å². The molecule has 1 amide bonds. The van der Waals surface area contributed by atoms with Crippen molar-refractivity contribution in [3.63, 3.8) is 0 Å². The zero-order valence-electron chi connectivity index (χ0n) is 19.3. The number of benzene rings is 1. The first-order chi connectivity index (χ1) is 14.8. The first-order valence-corrected chi connectivity index (χ1v) is 11.9. The average Bonchev–Trinajstić information content (AvgIpc) is 2.75. The molecule has 0 aromatic heterocycles. The van der Waals surface area contributed by atoms with Gasteiger partial charge in [0, 0.05) is 31.2 Å². The molecule has 5 rings (SSSR count). The van der Waals surface area contributed by atoms with E-state index in [1.807, 2.05) is 31.2 Å². The van der Waals surface area contributed by atoms with E-state index in [0.29, 0.717) is 31.1 Å². The molecule has 1 heterocycles. The number of carbonyl (C=O) groups is 1. The van der Waals surface area contributed by atoms with Crippen molar-refractivity contribution in [2.45, 2.75) is 58.6 Å². The first-order valence-electron chi connectivity index (χ1n) is 11.9. The highest BCUT2D eigenvalue weighted by Crippen LogP contribution is 2.59. The number of likely N-dealkylation sites (tertiary alicyclic amines) is 1. The summed E-state index contributed by atoms with van der Waals surface area (Å²) in [5, 5.41) is 13.6. The maximum absolute atomic E-state index is 12.5. The second kappa shape index (κ2) is 9.43. The van der Waals surface area contributed by atoms with Gasteiger partial charge >= 0.3 is 0 Å². The summed E-state index contributed by atoms with van der Waals surface area (Å²) in [6.45, 7) is 10.2. The van der Waals surface area contributed by atoms with Crippen LogP contribution in [0.25, 0.3) is 0 Å². The second-order valence-electron chi connectivity index (χ2n) is 10.4. The molecule has 0 spiro atoms. The standard InChI is InChI=1S/C26H38N2O3/c1-18-6-4-5-7-23(18)25(30)27-21-10-12-28(13-11-21)15-22(29)17-31-16-19-8-9-20-14-24(19)26(20,2)3/h4-8,20-22,24,29H,9-17H2,1-3H3,(H,27,30). The predicted molar refractivity (Wildman–Crippen MR) is 123 cm³/mol. The lowest BCUT2D eigenvalue weighted by Crippen LogP contribution is -2.49. The van der Waals surface area contributed by atoms with Crippen LogP contribution in [0.15, 0.2) is 35.9 Å². The van der Waals surface area contributed by atoms with Crippen molar-refractivity contribution in [1.29, 1.82) is 0 Å². The lowest BCUT2D eigenvalue weighted by atomic mass is 9.49. The fraction of sp³-hybridized carbons (Fsp3) is 0.654. The first kappa shape index (κ1) is 22.5. The number of aliphatic hydroxyl groups is 1. The molecular formula is C26H38N2O3. The molecule has 31 heavy (non-hydrogen) atoms. The SMILES string of the molecule is Cc1ccccc1C(=O)NC1CCN(CC(O)COCC2=CCC3CC2C3(C)C)CC1. The Balaban J connectivity index is 1.14. The van der Waals surface area contributed by atoms with Gasteiger partial charge < -0.3 is 20.1 Å². The van der Waals surface area contributed by atoms with Crippen molar-refractivity contribution >= 4 is 5.91 Å². The molecule has 2 N–H and O–H groups in total. The molecule has 5 heteroatoms. The summed E-state index contributed by atoms with van der Waals surface area (Å²) >= 11 is 0. The van der Waals surface area contributed by atoms with Crippen LogP contribution >= 0.6 is 0 Å². The summed E-state index contributed by atoms with van der Waals surface area (Å²) < 4.78 is 5.90. The molecule has 3 unspecified atom stereocenters. The number of ether oxygens (including phenoxy) is 1. The van der Waals surface area contributed by atoms with E-state index >= 15 is 0 Å². The molecule has 1 aliphatic heterocycles. The lowest BCUT2D eigenvalue weighted by molar-refractivity contribution is -0.0268. The lowest BCUT2D eigenvalue weighted by Gasteiger charge is -2.56. The van der Waals surface area contributed by atoms with Gasteiger partial charge in [0.05, 0.1) is 19.3 Å². The number of β-amino-alcohol motifs (C(OH)–C–C–N with tert-alkyl or cyclic N) is 1. The number of hydrogen-bond donors (Lipinski definition) is 2. The smallest absolute Gasteiger partial charge is 0.251 e. The van der Waals surface area contributed by atoms with E-state index in [1.54, 1.807) is 0 Å². The van der Waals surface area contributed by atoms with Crippen molar-refractivity contribution in [1.82, 2.24) is 10.2 Å². The number of carbonyl (C=O) groups excluding carboxylic acids is 1. The quantitative estimate of drug-likeness (QED) is 0.624. The molecule has 170 valence electrons. The van der Waals surface area contributed by atoms with Gasteiger partial charge in [-0.1, -0.05) is 38.1 Å². The van der Waals surface area contributed by atoms with Gasteiger partial charge in [-0.25, -0.2) is 0 Å². The molecule has 4 aliphatic rings. The molecule has 3 atom stereocenters. The minimum absolute atomic E-state index is 0.0166. The molecular weight excluding hydrogens is 388 g/mol. The summed E-state index contributed by atoms with van der Waals surface area (Å²) in [4.78, 5) is 14.8. The van der Waals surface area contributed by atoms with E-state index < -0.39 is 6.10 Å². The van der Waals surface area contributed by atoms with Crippen LogP contribution in [0.2, 0.25) is 0 Å². The molecule has 5 nitrogen and oxygen atoms in total. The topological polar surface area (TPSA) is 61.8 Å². The van der Waals surface area contributed by atoms with Crippen molar-refractivity contribution in [2.24, 2.45) is 17.3 Å². The molecule has 3 aliphatic carbocycles.